The maximum absolute atomic E-state index is 13.2. The van der Waals surface area contributed by atoms with E-state index in [-0.39, 0.29) is 23.8 Å². The number of hydrogen-bond donors (Lipinski definition) is 1. The number of amides is 1. The maximum atomic E-state index is 13.2. The molecule has 1 N–H and O–H groups in total. The Hall–Kier alpha value is -3.52. The molecule has 0 fully saturated rings. The minimum Gasteiger partial charge on any atom is -0.497 e. The first-order chi connectivity index (χ1) is 14.5. The van der Waals surface area contributed by atoms with Gasteiger partial charge in [-0.25, -0.2) is 9.37 Å². The Balaban J connectivity index is 1.49. The van der Waals surface area contributed by atoms with Crippen LogP contribution in [0.1, 0.15) is 5.56 Å². The second-order valence-corrected chi connectivity index (χ2v) is 7.52. The molecule has 152 valence electrons. The second-order valence-electron chi connectivity index (χ2n) is 6.64. The molecule has 2 heterocycles. The van der Waals surface area contributed by atoms with E-state index in [0.29, 0.717) is 16.8 Å². The number of carbonyl (C=O) groups is 1. The van der Waals surface area contributed by atoms with E-state index in [1.807, 2.05) is 29.6 Å². The normalized spacial score (nSPS) is 10.9. The standard InChI is InChI=1S/C22H18FN3O3S/c1-29-17-8-2-14(3-9-17)10-24-19(27)11-26-13-25-20-18(12-30-21(20)22(26)28)15-4-6-16(23)7-5-15/h2-9,12-13H,10-11H2,1H3,(H,24,27). The number of hydrogen-bond acceptors (Lipinski definition) is 5. The summed E-state index contributed by atoms with van der Waals surface area (Å²) in [5.74, 6) is 0.130. The number of benzene rings is 2. The third-order valence-corrected chi connectivity index (χ3v) is 5.62. The van der Waals surface area contributed by atoms with Crippen LogP contribution in [0.25, 0.3) is 21.3 Å². The SMILES string of the molecule is COc1ccc(CNC(=O)Cn2cnc3c(-c4ccc(F)cc4)csc3c2=O)cc1. The predicted molar refractivity (Wildman–Crippen MR) is 114 cm³/mol. The first-order valence-corrected chi connectivity index (χ1v) is 10.1. The van der Waals surface area contributed by atoms with Gasteiger partial charge in [-0.2, -0.15) is 0 Å². The zero-order chi connectivity index (χ0) is 21.1. The van der Waals surface area contributed by atoms with Gasteiger partial charge >= 0.3 is 0 Å². The number of nitrogens with zero attached hydrogens (tertiary/aromatic N) is 2. The second kappa shape index (κ2) is 8.46. The Bertz CT molecular complexity index is 1250. The lowest BCUT2D eigenvalue weighted by atomic mass is 10.1. The summed E-state index contributed by atoms with van der Waals surface area (Å²) in [5, 5.41) is 4.62. The summed E-state index contributed by atoms with van der Waals surface area (Å²) in [6.07, 6.45) is 1.37. The van der Waals surface area contributed by atoms with Crippen LogP contribution in [-0.2, 0) is 17.9 Å². The van der Waals surface area contributed by atoms with E-state index in [2.05, 4.69) is 10.3 Å². The number of thiophene rings is 1. The van der Waals surface area contributed by atoms with Crippen LogP contribution in [0.2, 0.25) is 0 Å². The van der Waals surface area contributed by atoms with Crippen LogP contribution in [0, 0.1) is 5.82 Å². The molecule has 1 amide bonds. The number of fused-ring (bicyclic) bond motifs is 1. The van der Waals surface area contributed by atoms with Crippen LogP contribution >= 0.6 is 11.3 Å². The van der Waals surface area contributed by atoms with Crippen LogP contribution in [0.4, 0.5) is 4.39 Å². The van der Waals surface area contributed by atoms with Crippen molar-refractivity contribution in [3.63, 3.8) is 0 Å². The van der Waals surface area contributed by atoms with Gasteiger partial charge in [-0.05, 0) is 35.4 Å². The highest BCUT2D eigenvalue weighted by atomic mass is 32.1. The van der Waals surface area contributed by atoms with Crippen molar-refractivity contribution in [3.05, 3.63) is 82.0 Å². The van der Waals surface area contributed by atoms with E-state index in [4.69, 9.17) is 4.74 Å². The summed E-state index contributed by atoms with van der Waals surface area (Å²) in [5.41, 5.74) is 2.74. The predicted octanol–water partition coefficient (Wildman–Crippen LogP) is 3.59. The zero-order valence-corrected chi connectivity index (χ0v) is 16.9. The Morgan fingerprint density at radius 2 is 1.90 bits per heavy atom. The van der Waals surface area contributed by atoms with Crippen LogP contribution in [0.5, 0.6) is 5.75 Å². The summed E-state index contributed by atoms with van der Waals surface area (Å²) in [6.45, 7) is 0.225. The van der Waals surface area contributed by atoms with Crippen molar-refractivity contribution in [3.8, 4) is 16.9 Å². The van der Waals surface area contributed by atoms with E-state index < -0.39 is 0 Å². The van der Waals surface area contributed by atoms with Crippen LogP contribution in [0.3, 0.4) is 0 Å². The Morgan fingerprint density at radius 3 is 2.60 bits per heavy atom. The Kier molecular flexibility index (Phi) is 5.58. The number of ether oxygens (including phenoxy) is 1. The van der Waals surface area contributed by atoms with Crippen LogP contribution < -0.4 is 15.6 Å². The fraction of sp³-hybridized carbons (Fsp3) is 0.136. The number of halogens is 1. The quantitative estimate of drug-likeness (QED) is 0.514. The molecule has 0 saturated heterocycles. The van der Waals surface area contributed by atoms with Crippen molar-refractivity contribution >= 4 is 27.5 Å². The van der Waals surface area contributed by atoms with Gasteiger partial charge < -0.3 is 10.1 Å². The number of carbonyl (C=O) groups excluding carboxylic acids is 1. The lowest BCUT2D eigenvalue weighted by molar-refractivity contribution is -0.121. The third kappa shape index (κ3) is 4.08. The van der Waals surface area contributed by atoms with Gasteiger partial charge in [0.05, 0.1) is 19.0 Å². The molecular weight excluding hydrogens is 405 g/mol. The molecule has 0 aliphatic heterocycles. The molecule has 6 nitrogen and oxygen atoms in total. The molecule has 4 aromatic rings. The molecule has 0 aliphatic carbocycles. The highest BCUT2D eigenvalue weighted by Gasteiger charge is 2.14. The van der Waals surface area contributed by atoms with Gasteiger partial charge in [0.15, 0.2) is 0 Å². The number of methoxy groups -OCH3 is 1. The van der Waals surface area contributed by atoms with E-state index in [1.54, 1.807) is 19.2 Å². The minimum absolute atomic E-state index is 0.123. The van der Waals surface area contributed by atoms with Gasteiger partial charge in [-0.15, -0.1) is 11.3 Å². The molecule has 0 unspecified atom stereocenters. The third-order valence-electron chi connectivity index (χ3n) is 4.66. The molecule has 0 bridgehead atoms. The number of nitrogens with one attached hydrogen (secondary N) is 1. The first kappa shape index (κ1) is 19.8. The van der Waals surface area contributed by atoms with Crippen molar-refractivity contribution < 1.29 is 13.9 Å². The largest absolute Gasteiger partial charge is 0.497 e. The molecular formula is C22H18FN3O3S. The summed E-state index contributed by atoms with van der Waals surface area (Å²) in [7, 11) is 1.59. The van der Waals surface area contributed by atoms with Gasteiger partial charge in [0.1, 0.15) is 22.8 Å². The highest BCUT2D eigenvalue weighted by molar-refractivity contribution is 7.17. The van der Waals surface area contributed by atoms with E-state index in [9.17, 15) is 14.0 Å². The van der Waals surface area contributed by atoms with Crippen molar-refractivity contribution in [2.45, 2.75) is 13.1 Å². The maximum Gasteiger partial charge on any atom is 0.271 e. The lowest BCUT2D eigenvalue weighted by Crippen LogP contribution is -2.31. The fourth-order valence-electron chi connectivity index (χ4n) is 3.04. The Morgan fingerprint density at radius 1 is 1.17 bits per heavy atom. The van der Waals surface area contributed by atoms with Gasteiger partial charge in [0.2, 0.25) is 5.91 Å². The molecule has 0 aliphatic rings. The molecule has 0 saturated carbocycles. The molecule has 2 aromatic carbocycles. The van der Waals surface area contributed by atoms with Crippen molar-refractivity contribution in [1.82, 2.24) is 14.9 Å². The molecule has 4 rings (SSSR count). The fourth-order valence-corrected chi connectivity index (χ4v) is 4.02. The molecule has 0 atom stereocenters. The Labute approximate surface area is 175 Å². The summed E-state index contributed by atoms with van der Waals surface area (Å²) < 4.78 is 20.0. The molecule has 8 heteroatoms. The van der Waals surface area contributed by atoms with E-state index in [0.717, 1.165) is 22.4 Å². The first-order valence-electron chi connectivity index (χ1n) is 9.17. The van der Waals surface area contributed by atoms with Crippen molar-refractivity contribution in [2.75, 3.05) is 7.11 Å². The van der Waals surface area contributed by atoms with Crippen LogP contribution in [-0.4, -0.2) is 22.6 Å². The topological polar surface area (TPSA) is 73.2 Å². The highest BCUT2D eigenvalue weighted by Crippen LogP contribution is 2.30. The van der Waals surface area contributed by atoms with Gasteiger partial charge in [-0.3, -0.25) is 14.2 Å². The van der Waals surface area contributed by atoms with Crippen molar-refractivity contribution in [1.29, 1.82) is 0 Å². The zero-order valence-electron chi connectivity index (χ0n) is 16.1. The minimum atomic E-state index is -0.325. The van der Waals surface area contributed by atoms with Gasteiger partial charge in [-0.1, -0.05) is 24.3 Å². The summed E-state index contributed by atoms with van der Waals surface area (Å²) in [4.78, 5) is 29.5. The molecule has 2 aromatic heterocycles. The lowest BCUT2D eigenvalue weighted by Gasteiger charge is -2.08. The summed E-state index contributed by atoms with van der Waals surface area (Å²) >= 11 is 1.26. The van der Waals surface area contributed by atoms with E-state index in [1.165, 1.54) is 34.4 Å². The van der Waals surface area contributed by atoms with E-state index >= 15 is 0 Å². The average Bonchev–Trinajstić information content (AvgIpc) is 3.20. The summed E-state index contributed by atoms with van der Waals surface area (Å²) in [6, 6.07) is 13.4. The smallest absolute Gasteiger partial charge is 0.271 e. The van der Waals surface area contributed by atoms with Crippen molar-refractivity contribution in [2.24, 2.45) is 0 Å². The van der Waals surface area contributed by atoms with Gasteiger partial charge in [0, 0.05) is 17.5 Å². The average molecular weight is 423 g/mol. The number of rotatable bonds is 6. The molecule has 0 spiro atoms. The van der Waals surface area contributed by atoms with Crippen LogP contribution in [0.15, 0.2) is 65.0 Å². The van der Waals surface area contributed by atoms with Gasteiger partial charge in [0.25, 0.3) is 5.56 Å². The monoisotopic (exact) mass is 423 g/mol. The molecule has 0 radical (unpaired) electrons. The number of aromatic nitrogens is 2. The molecule has 30 heavy (non-hydrogen) atoms.